The summed E-state index contributed by atoms with van der Waals surface area (Å²) in [6, 6.07) is 5.95. The number of piperidine rings is 1. The van der Waals surface area contributed by atoms with Crippen LogP contribution in [0.25, 0.3) is 0 Å². The molecule has 28 heavy (non-hydrogen) atoms. The van der Waals surface area contributed by atoms with Gasteiger partial charge in [-0.3, -0.25) is 9.79 Å². The van der Waals surface area contributed by atoms with Gasteiger partial charge in [0.2, 0.25) is 0 Å². The molecule has 0 saturated carbocycles. The van der Waals surface area contributed by atoms with E-state index < -0.39 is 0 Å². The van der Waals surface area contributed by atoms with Crippen LogP contribution in [-0.4, -0.2) is 57.8 Å². The molecular formula is C20H32IN3O4. The van der Waals surface area contributed by atoms with Crippen molar-refractivity contribution >= 4 is 35.9 Å². The van der Waals surface area contributed by atoms with Crippen LogP contribution in [-0.2, 0) is 16.1 Å². The minimum Gasteiger partial charge on any atom is -0.493 e. The quantitative estimate of drug-likeness (QED) is 0.266. The Morgan fingerprint density at radius 3 is 2.54 bits per heavy atom. The molecule has 0 radical (unpaired) electrons. The number of carbonyl (C=O) groups excluding carboxylic acids is 1. The number of likely N-dealkylation sites (tertiary alicyclic amines) is 1. The molecule has 0 aromatic heterocycles. The van der Waals surface area contributed by atoms with Crippen molar-refractivity contribution in [2.45, 2.75) is 32.7 Å². The summed E-state index contributed by atoms with van der Waals surface area (Å²) < 4.78 is 16.0. The summed E-state index contributed by atoms with van der Waals surface area (Å²) in [7, 11) is 4.87. The third-order valence-corrected chi connectivity index (χ3v) is 4.68. The van der Waals surface area contributed by atoms with E-state index in [0.29, 0.717) is 13.2 Å². The first-order valence-corrected chi connectivity index (χ1v) is 9.46. The summed E-state index contributed by atoms with van der Waals surface area (Å²) in [5.41, 5.74) is 1.08. The maximum Gasteiger partial charge on any atom is 0.308 e. The Morgan fingerprint density at radius 1 is 1.25 bits per heavy atom. The molecule has 1 saturated heterocycles. The molecule has 1 heterocycles. The van der Waals surface area contributed by atoms with E-state index >= 15 is 0 Å². The normalized spacial score (nSPS) is 14.9. The SMILES string of the molecule is CCCOc1ccc(CNC(=NC)N2CCC(C(=O)OC)CC2)cc1OC.I. The van der Waals surface area contributed by atoms with Crippen LogP contribution >= 0.6 is 24.0 Å². The van der Waals surface area contributed by atoms with Crippen molar-refractivity contribution in [3.05, 3.63) is 23.8 Å². The van der Waals surface area contributed by atoms with Crippen LogP contribution in [0, 0.1) is 5.92 Å². The molecule has 1 aliphatic rings. The van der Waals surface area contributed by atoms with Gasteiger partial charge in [-0.2, -0.15) is 0 Å². The van der Waals surface area contributed by atoms with Gasteiger partial charge in [0.05, 0.1) is 26.7 Å². The van der Waals surface area contributed by atoms with E-state index in [1.165, 1.54) is 7.11 Å². The molecule has 1 aliphatic heterocycles. The Bertz CT molecular complexity index is 646. The number of methoxy groups -OCH3 is 2. The van der Waals surface area contributed by atoms with Crippen molar-refractivity contribution in [3.8, 4) is 11.5 Å². The van der Waals surface area contributed by atoms with E-state index in [-0.39, 0.29) is 35.9 Å². The number of nitrogens with one attached hydrogen (secondary N) is 1. The average Bonchev–Trinajstić information content (AvgIpc) is 2.72. The van der Waals surface area contributed by atoms with Crippen molar-refractivity contribution in [1.82, 2.24) is 10.2 Å². The minimum atomic E-state index is -0.116. The fraction of sp³-hybridized carbons (Fsp3) is 0.600. The topological polar surface area (TPSA) is 72.4 Å². The van der Waals surface area contributed by atoms with Crippen LogP contribution in [0.1, 0.15) is 31.7 Å². The summed E-state index contributed by atoms with van der Waals surface area (Å²) in [6.07, 6.45) is 2.52. The van der Waals surface area contributed by atoms with Crippen LogP contribution in [0.15, 0.2) is 23.2 Å². The van der Waals surface area contributed by atoms with Gasteiger partial charge in [0.25, 0.3) is 0 Å². The van der Waals surface area contributed by atoms with E-state index in [1.807, 2.05) is 18.2 Å². The standard InChI is InChI=1S/C20H31N3O4.HI/c1-5-12-27-17-7-6-15(13-18(17)25-3)14-22-20(21-2)23-10-8-16(9-11-23)19(24)26-4;/h6-7,13,16H,5,8-12,14H2,1-4H3,(H,21,22);1H. The molecule has 158 valence electrons. The highest BCUT2D eigenvalue weighted by molar-refractivity contribution is 14.0. The number of rotatable bonds is 7. The van der Waals surface area contributed by atoms with E-state index in [2.05, 4.69) is 22.1 Å². The second-order valence-corrected chi connectivity index (χ2v) is 6.52. The van der Waals surface area contributed by atoms with Crippen LogP contribution in [0.2, 0.25) is 0 Å². The number of guanidine groups is 1. The van der Waals surface area contributed by atoms with Crippen molar-refractivity contribution in [2.75, 3.05) is 41.0 Å². The zero-order chi connectivity index (χ0) is 19.6. The first-order chi connectivity index (χ1) is 13.1. The molecule has 1 N–H and O–H groups in total. The highest BCUT2D eigenvalue weighted by atomic mass is 127. The highest BCUT2D eigenvalue weighted by Crippen LogP contribution is 2.28. The lowest BCUT2D eigenvalue weighted by atomic mass is 9.97. The van der Waals surface area contributed by atoms with Crippen molar-refractivity contribution in [2.24, 2.45) is 10.9 Å². The molecule has 7 nitrogen and oxygen atoms in total. The molecular weight excluding hydrogens is 473 g/mol. The third kappa shape index (κ3) is 6.72. The first kappa shape index (κ1) is 24.3. The lowest BCUT2D eigenvalue weighted by Crippen LogP contribution is -2.46. The van der Waals surface area contributed by atoms with E-state index in [0.717, 1.165) is 55.4 Å². The fourth-order valence-electron chi connectivity index (χ4n) is 3.16. The monoisotopic (exact) mass is 505 g/mol. The summed E-state index contributed by atoms with van der Waals surface area (Å²) in [4.78, 5) is 18.2. The first-order valence-electron chi connectivity index (χ1n) is 9.46. The van der Waals surface area contributed by atoms with Gasteiger partial charge in [-0.1, -0.05) is 13.0 Å². The molecule has 0 aliphatic carbocycles. The Labute approximate surface area is 184 Å². The number of nitrogens with zero attached hydrogens (tertiary/aromatic N) is 2. The summed E-state index contributed by atoms with van der Waals surface area (Å²) >= 11 is 0. The lowest BCUT2D eigenvalue weighted by Gasteiger charge is -2.33. The number of benzene rings is 1. The number of carbonyl (C=O) groups is 1. The third-order valence-electron chi connectivity index (χ3n) is 4.68. The summed E-state index contributed by atoms with van der Waals surface area (Å²) in [6.45, 7) is 4.94. The zero-order valence-corrected chi connectivity index (χ0v) is 19.5. The molecule has 0 amide bonds. The second-order valence-electron chi connectivity index (χ2n) is 6.52. The largest absolute Gasteiger partial charge is 0.493 e. The molecule has 1 aromatic rings. The van der Waals surface area contributed by atoms with Gasteiger partial charge >= 0.3 is 5.97 Å². The fourth-order valence-corrected chi connectivity index (χ4v) is 3.16. The lowest BCUT2D eigenvalue weighted by molar-refractivity contribution is -0.146. The Morgan fingerprint density at radius 2 is 1.96 bits per heavy atom. The Hall–Kier alpha value is -1.71. The van der Waals surface area contributed by atoms with Crippen LogP contribution < -0.4 is 14.8 Å². The second kappa shape index (κ2) is 12.7. The Balaban J connectivity index is 0.00000392. The van der Waals surface area contributed by atoms with Gasteiger partial charge < -0.3 is 24.4 Å². The smallest absolute Gasteiger partial charge is 0.308 e. The number of aliphatic imine (C=N–C) groups is 1. The van der Waals surface area contributed by atoms with Gasteiger partial charge in [-0.05, 0) is 37.0 Å². The van der Waals surface area contributed by atoms with E-state index in [4.69, 9.17) is 14.2 Å². The van der Waals surface area contributed by atoms with Crippen molar-refractivity contribution in [3.63, 3.8) is 0 Å². The number of hydrogen-bond acceptors (Lipinski definition) is 5. The summed E-state index contributed by atoms with van der Waals surface area (Å²) in [5.74, 6) is 2.21. The highest BCUT2D eigenvalue weighted by Gasteiger charge is 2.26. The van der Waals surface area contributed by atoms with Crippen molar-refractivity contribution < 1.29 is 19.0 Å². The van der Waals surface area contributed by atoms with Gasteiger partial charge in [0.1, 0.15) is 0 Å². The molecule has 0 atom stereocenters. The zero-order valence-electron chi connectivity index (χ0n) is 17.2. The van der Waals surface area contributed by atoms with Gasteiger partial charge in [0, 0.05) is 26.7 Å². The van der Waals surface area contributed by atoms with E-state index in [1.54, 1.807) is 14.2 Å². The maximum atomic E-state index is 11.7. The molecule has 1 aromatic carbocycles. The van der Waals surface area contributed by atoms with Crippen LogP contribution in [0.5, 0.6) is 11.5 Å². The molecule has 0 spiro atoms. The van der Waals surface area contributed by atoms with Crippen molar-refractivity contribution in [1.29, 1.82) is 0 Å². The average molecular weight is 505 g/mol. The van der Waals surface area contributed by atoms with Crippen LogP contribution in [0.4, 0.5) is 0 Å². The maximum absolute atomic E-state index is 11.7. The molecule has 2 rings (SSSR count). The van der Waals surface area contributed by atoms with Crippen LogP contribution in [0.3, 0.4) is 0 Å². The summed E-state index contributed by atoms with van der Waals surface area (Å²) in [5, 5.41) is 3.39. The van der Waals surface area contributed by atoms with Gasteiger partial charge in [-0.15, -0.1) is 24.0 Å². The van der Waals surface area contributed by atoms with Gasteiger partial charge in [0.15, 0.2) is 17.5 Å². The molecule has 8 heteroatoms. The number of ether oxygens (including phenoxy) is 3. The predicted octanol–water partition coefficient (Wildman–Crippen LogP) is 3.06. The van der Waals surface area contributed by atoms with E-state index in [9.17, 15) is 4.79 Å². The Kier molecular flexibility index (Phi) is 11.0. The predicted molar refractivity (Wildman–Crippen MR) is 121 cm³/mol. The molecule has 0 bridgehead atoms. The number of esters is 1. The molecule has 0 unspecified atom stereocenters. The number of halogens is 1. The van der Waals surface area contributed by atoms with Gasteiger partial charge in [-0.25, -0.2) is 0 Å². The minimum absolute atomic E-state index is 0. The molecule has 1 fully saturated rings. The number of hydrogen-bond donors (Lipinski definition) is 1.